The van der Waals surface area contributed by atoms with Crippen LogP contribution in [-0.4, -0.2) is 5.24 Å². The van der Waals surface area contributed by atoms with E-state index in [0.717, 1.165) is 0 Å². The molecule has 1 aromatic carbocycles. The van der Waals surface area contributed by atoms with Crippen LogP contribution in [0.25, 0.3) is 0 Å². The quantitative estimate of drug-likeness (QED) is 0.710. The lowest BCUT2D eigenvalue weighted by atomic mass is 10.2. The van der Waals surface area contributed by atoms with Gasteiger partial charge in [-0.1, -0.05) is 39.1 Å². The second-order valence-corrected chi connectivity index (χ2v) is 4.09. The fraction of sp³-hybridized carbons (Fsp3) is 0. The molecule has 0 bridgehead atoms. The van der Waals surface area contributed by atoms with Gasteiger partial charge in [0.15, 0.2) is 0 Å². The average molecular weight is 288 g/mol. The summed E-state index contributed by atoms with van der Waals surface area (Å²) in [6.45, 7) is 0. The zero-order chi connectivity index (χ0) is 9.30. The number of rotatable bonds is 1. The molecule has 0 aromatic heterocycles. The molecule has 0 saturated carbocycles. The summed E-state index contributed by atoms with van der Waals surface area (Å²) in [5, 5.41) is -0.166. The van der Waals surface area contributed by atoms with Gasteiger partial charge in [0.2, 0.25) is 0 Å². The minimum absolute atomic E-state index is 0.142. The molecule has 1 aromatic rings. The number of carbonyl (C=O) groups excluding carboxylic acids is 1. The second kappa shape index (κ2) is 3.97. The molecule has 1 nitrogen and oxygen atoms in total. The van der Waals surface area contributed by atoms with Crippen LogP contribution in [0.4, 0.5) is 0 Å². The maximum atomic E-state index is 10.8. The number of carbonyl (C=O) groups is 1. The van der Waals surface area contributed by atoms with Crippen LogP contribution >= 0.6 is 50.7 Å². The number of hydrogen-bond acceptors (Lipinski definition) is 1. The van der Waals surface area contributed by atoms with Crippen molar-refractivity contribution in [3.05, 3.63) is 32.2 Å². The highest BCUT2D eigenvalue weighted by Crippen LogP contribution is 2.30. The van der Waals surface area contributed by atoms with Crippen molar-refractivity contribution in [3.63, 3.8) is 0 Å². The fourth-order valence-corrected chi connectivity index (χ4v) is 2.41. The van der Waals surface area contributed by atoms with E-state index in [1.807, 2.05) is 0 Å². The van der Waals surface area contributed by atoms with Gasteiger partial charge >= 0.3 is 0 Å². The molecular weight excluding hydrogens is 286 g/mol. The lowest BCUT2D eigenvalue weighted by molar-refractivity contribution is 0.108. The predicted molar refractivity (Wildman–Crippen MR) is 54.3 cm³/mol. The van der Waals surface area contributed by atoms with E-state index in [0.29, 0.717) is 4.47 Å². The van der Waals surface area contributed by atoms with E-state index in [9.17, 15) is 4.79 Å². The molecule has 0 fully saturated rings. The Kier molecular flexibility index (Phi) is 3.41. The van der Waals surface area contributed by atoms with Crippen molar-refractivity contribution in [1.29, 1.82) is 0 Å². The second-order valence-electron chi connectivity index (χ2n) is 2.02. The molecule has 5 heteroatoms. The molecule has 0 radical (unpaired) electrons. The SMILES string of the molecule is O=C(Cl)c1c(Cl)cc(Br)cc1Cl. The molecule has 64 valence electrons. The molecule has 0 aliphatic rings. The van der Waals surface area contributed by atoms with Gasteiger partial charge in [0.25, 0.3) is 5.24 Å². The van der Waals surface area contributed by atoms with E-state index in [1.165, 1.54) is 0 Å². The zero-order valence-corrected chi connectivity index (χ0v) is 9.43. The molecular formula is C7H2BrCl3O. The first-order valence-electron chi connectivity index (χ1n) is 2.86. The summed E-state index contributed by atoms with van der Waals surface area (Å²) in [6, 6.07) is 3.12. The first kappa shape index (κ1) is 10.3. The summed E-state index contributed by atoms with van der Waals surface area (Å²) >= 11 is 19.8. The van der Waals surface area contributed by atoms with Gasteiger partial charge in [-0.05, 0) is 23.7 Å². The summed E-state index contributed by atoms with van der Waals surface area (Å²) in [7, 11) is 0. The van der Waals surface area contributed by atoms with E-state index in [1.54, 1.807) is 12.1 Å². The fourth-order valence-electron chi connectivity index (χ4n) is 0.730. The van der Waals surface area contributed by atoms with Gasteiger partial charge in [-0.3, -0.25) is 4.79 Å². The van der Waals surface area contributed by atoms with Crippen LogP contribution in [0, 0.1) is 0 Å². The largest absolute Gasteiger partial charge is 0.275 e. The van der Waals surface area contributed by atoms with Crippen molar-refractivity contribution >= 4 is 56.0 Å². The van der Waals surface area contributed by atoms with Crippen molar-refractivity contribution in [1.82, 2.24) is 0 Å². The van der Waals surface area contributed by atoms with E-state index in [-0.39, 0.29) is 15.6 Å². The summed E-state index contributed by atoms with van der Waals surface area (Å²) < 4.78 is 0.708. The van der Waals surface area contributed by atoms with Gasteiger partial charge < -0.3 is 0 Å². The third-order valence-electron chi connectivity index (χ3n) is 1.20. The minimum Gasteiger partial charge on any atom is -0.275 e. The lowest BCUT2D eigenvalue weighted by Gasteiger charge is -2.01. The van der Waals surface area contributed by atoms with E-state index in [4.69, 9.17) is 34.8 Å². The summed E-state index contributed by atoms with van der Waals surface area (Å²) in [5.41, 5.74) is 0.142. The van der Waals surface area contributed by atoms with Crippen LogP contribution in [0.5, 0.6) is 0 Å². The van der Waals surface area contributed by atoms with Gasteiger partial charge in [0.1, 0.15) is 0 Å². The van der Waals surface area contributed by atoms with Crippen LogP contribution in [-0.2, 0) is 0 Å². The molecule has 0 N–H and O–H groups in total. The molecule has 0 spiro atoms. The van der Waals surface area contributed by atoms with Crippen LogP contribution < -0.4 is 0 Å². The van der Waals surface area contributed by atoms with E-state index in [2.05, 4.69) is 15.9 Å². The Bertz CT molecular complexity index is 314. The van der Waals surface area contributed by atoms with E-state index >= 15 is 0 Å². The van der Waals surface area contributed by atoms with Gasteiger partial charge in [-0.15, -0.1) is 0 Å². The van der Waals surface area contributed by atoms with Gasteiger partial charge in [-0.2, -0.15) is 0 Å². The van der Waals surface area contributed by atoms with Crippen LogP contribution in [0.1, 0.15) is 10.4 Å². The van der Waals surface area contributed by atoms with E-state index < -0.39 is 5.24 Å². The molecule has 0 heterocycles. The highest BCUT2D eigenvalue weighted by atomic mass is 79.9. The van der Waals surface area contributed by atoms with Crippen molar-refractivity contribution in [2.45, 2.75) is 0 Å². The number of hydrogen-bond donors (Lipinski definition) is 0. The molecule has 0 unspecified atom stereocenters. The molecule has 0 saturated heterocycles. The maximum absolute atomic E-state index is 10.8. The summed E-state index contributed by atoms with van der Waals surface area (Å²) in [5.74, 6) is 0. The predicted octanol–water partition coefficient (Wildman–Crippen LogP) is 4.13. The Morgan fingerprint density at radius 2 is 1.67 bits per heavy atom. The average Bonchev–Trinajstić information content (AvgIpc) is 1.82. The highest BCUT2D eigenvalue weighted by molar-refractivity contribution is 9.10. The van der Waals surface area contributed by atoms with Crippen LogP contribution in [0.2, 0.25) is 10.0 Å². The Morgan fingerprint density at radius 3 is 2.00 bits per heavy atom. The Morgan fingerprint density at radius 1 is 1.25 bits per heavy atom. The summed E-state index contributed by atoms with van der Waals surface area (Å²) in [6.07, 6.45) is 0. The van der Waals surface area contributed by atoms with Crippen molar-refractivity contribution in [3.8, 4) is 0 Å². The Hall–Kier alpha value is 0.240. The van der Waals surface area contributed by atoms with Crippen molar-refractivity contribution in [2.24, 2.45) is 0 Å². The number of halogens is 4. The van der Waals surface area contributed by atoms with Crippen molar-refractivity contribution < 1.29 is 4.79 Å². The molecule has 0 amide bonds. The van der Waals surface area contributed by atoms with Gasteiger partial charge in [0, 0.05) is 4.47 Å². The third-order valence-corrected chi connectivity index (χ3v) is 2.45. The van der Waals surface area contributed by atoms with Crippen molar-refractivity contribution in [2.75, 3.05) is 0 Å². The maximum Gasteiger partial charge on any atom is 0.255 e. The van der Waals surface area contributed by atoms with Crippen LogP contribution in [0.15, 0.2) is 16.6 Å². The smallest absolute Gasteiger partial charge is 0.255 e. The Labute approximate surface area is 92.7 Å². The van der Waals surface area contributed by atoms with Gasteiger partial charge in [-0.25, -0.2) is 0 Å². The first-order chi connectivity index (χ1) is 5.52. The van der Waals surface area contributed by atoms with Gasteiger partial charge in [0.05, 0.1) is 15.6 Å². The topological polar surface area (TPSA) is 17.1 Å². The normalized spacial score (nSPS) is 10.0. The minimum atomic E-state index is -0.655. The monoisotopic (exact) mass is 286 g/mol. The van der Waals surface area contributed by atoms with Crippen LogP contribution in [0.3, 0.4) is 0 Å². The number of benzene rings is 1. The first-order valence-corrected chi connectivity index (χ1v) is 4.79. The molecule has 0 atom stereocenters. The molecule has 1 rings (SSSR count). The third kappa shape index (κ3) is 2.13. The standard InChI is InChI=1S/C7H2BrCl3O/c8-3-1-4(9)6(7(11)12)5(10)2-3/h1-2H. The lowest BCUT2D eigenvalue weighted by Crippen LogP contribution is -1.91. The molecule has 0 aliphatic heterocycles. The molecule has 12 heavy (non-hydrogen) atoms. The summed E-state index contributed by atoms with van der Waals surface area (Å²) in [4.78, 5) is 10.8. The highest BCUT2D eigenvalue weighted by Gasteiger charge is 2.12. The molecule has 0 aliphatic carbocycles. The Balaban J connectivity index is 3.38. The zero-order valence-electron chi connectivity index (χ0n) is 5.57.